The Morgan fingerprint density at radius 3 is 2.25 bits per heavy atom. The van der Waals surface area contributed by atoms with E-state index in [0.717, 1.165) is 12.1 Å². The van der Waals surface area contributed by atoms with Gasteiger partial charge in [-0.1, -0.05) is 0 Å². The van der Waals surface area contributed by atoms with E-state index < -0.39 is 23.1 Å². The molecule has 0 aliphatic carbocycles. The van der Waals surface area contributed by atoms with Gasteiger partial charge in [0.05, 0.1) is 23.6 Å². The Hall–Kier alpha value is -2.08. The van der Waals surface area contributed by atoms with Crippen molar-refractivity contribution in [3.05, 3.63) is 34.6 Å². The first-order chi connectivity index (χ1) is 7.40. The Labute approximate surface area is 88.3 Å². The molecule has 0 fully saturated rings. The zero-order valence-electron chi connectivity index (χ0n) is 7.77. The molecular weight excluding hydrogens is 224 g/mol. The molecule has 0 bridgehead atoms. The Bertz CT molecular complexity index is 491. The predicted molar refractivity (Wildman–Crippen MR) is 45.4 cm³/mol. The maximum atomic E-state index is 13.1. The molecule has 0 aromatic heterocycles. The van der Waals surface area contributed by atoms with E-state index >= 15 is 0 Å². The van der Waals surface area contributed by atoms with Crippen LogP contribution in [0.1, 0.15) is 16.7 Å². The third kappa shape index (κ3) is 2.29. The quantitative estimate of drug-likeness (QED) is 0.694. The topological polar surface area (TPSA) is 47.6 Å². The molecule has 82 valence electrons. The highest BCUT2D eigenvalue weighted by Gasteiger charge is 2.35. The van der Waals surface area contributed by atoms with Gasteiger partial charge in [0, 0.05) is 0 Å². The monoisotopic (exact) mass is 228 g/mol. The van der Waals surface area contributed by atoms with E-state index in [2.05, 4.69) is 0 Å². The number of hydrogen-bond donors (Lipinski definition) is 0. The Morgan fingerprint density at radius 2 is 1.81 bits per heavy atom. The molecular formula is C10H4F4N2. The van der Waals surface area contributed by atoms with Gasteiger partial charge >= 0.3 is 6.18 Å². The molecule has 0 amide bonds. The molecule has 0 aliphatic rings. The minimum Gasteiger partial charge on any atom is -0.206 e. The molecule has 0 heterocycles. The lowest BCUT2D eigenvalue weighted by molar-refractivity contribution is -0.138. The molecule has 16 heavy (non-hydrogen) atoms. The summed E-state index contributed by atoms with van der Waals surface area (Å²) in [6.45, 7) is 0. The van der Waals surface area contributed by atoms with E-state index in [1.54, 1.807) is 6.07 Å². The van der Waals surface area contributed by atoms with E-state index in [9.17, 15) is 17.6 Å². The second-order valence-corrected chi connectivity index (χ2v) is 2.94. The van der Waals surface area contributed by atoms with Crippen LogP contribution in [-0.4, -0.2) is 0 Å². The van der Waals surface area contributed by atoms with E-state index in [4.69, 9.17) is 10.5 Å². The van der Waals surface area contributed by atoms with E-state index in [1.165, 1.54) is 0 Å². The molecule has 0 saturated heterocycles. The van der Waals surface area contributed by atoms with Crippen molar-refractivity contribution in [2.45, 2.75) is 12.6 Å². The van der Waals surface area contributed by atoms with Crippen LogP contribution in [0.4, 0.5) is 17.6 Å². The van der Waals surface area contributed by atoms with Crippen molar-refractivity contribution in [2.75, 3.05) is 0 Å². The van der Waals surface area contributed by atoms with Crippen LogP contribution in [0.2, 0.25) is 0 Å². The largest absolute Gasteiger partial charge is 0.417 e. The van der Waals surface area contributed by atoms with Gasteiger partial charge in [-0.05, 0) is 17.7 Å². The summed E-state index contributed by atoms with van der Waals surface area (Å²) >= 11 is 0. The molecule has 0 N–H and O–H groups in total. The maximum absolute atomic E-state index is 13.1. The molecule has 1 rings (SSSR count). The van der Waals surface area contributed by atoms with Crippen molar-refractivity contribution >= 4 is 0 Å². The minimum atomic E-state index is -4.81. The molecule has 0 saturated carbocycles. The fraction of sp³-hybridized carbons (Fsp3) is 0.200. The van der Waals surface area contributed by atoms with Crippen molar-refractivity contribution in [1.29, 1.82) is 10.5 Å². The molecule has 6 heteroatoms. The van der Waals surface area contributed by atoms with E-state index in [1.807, 2.05) is 0 Å². The number of alkyl halides is 3. The summed E-state index contributed by atoms with van der Waals surface area (Å²) < 4.78 is 50.4. The lowest BCUT2D eigenvalue weighted by atomic mass is 10.0. The minimum absolute atomic E-state index is 0.105. The van der Waals surface area contributed by atoms with Gasteiger partial charge in [0.2, 0.25) is 0 Å². The van der Waals surface area contributed by atoms with Crippen molar-refractivity contribution in [1.82, 2.24) is 0 Å². The zero-order chi connectivity index (χ0) is 12.3. The van der Waals surface area contributed by atoms with Gasteiger partial charge < -0.3 is 0 Å². The van der Waals surface area contributed by atoms with Crippen LogP contribution in [0.25, 0.3) is 0 Å². The molecule has 1 aromatic rings. The van der Waals surface area contributed by atoms with Crippen LogP contribution < -0.4 is 0 Å². The van der Waals surface area contributed by atoms with Crippen LogP contribution in [0.3, 0.4) is 0 Å². The van der Waals surface area contributed by atoms with Gasteiger partial charge in [-0.3, -0.25) is 0 Å². The summed E-state index contributed by atoms with van der Waals surface area (Å²) in [5.41, 5.74) is -2.50. The first-order valence-corrected chi connectivity index (χ1v) is 4.06. The summed E-state index contributed by atoms with van der Waals surface area (Å²) in [7, 11) is 0. The molecule has 0 spiro atoms. The fourth-order valence-corrected chi connectivity index (χ4v) is 1.19. The van der Waals surface area contributed by atoms with E-state index in [0.29, 0.717) is 6.07 Å². The van der Waals surface area contributed by atoms with Gasteiger partial charge in [-0.25, -0.2) is 4.39 Å². The van der Waals surface area contributed by atoms with Crippen molar-refractivity contribution in [3.8, 4) is 12.1 Å². The van der Waals surface area contributed by atoms with Crippen molar-refractivity contribution < 1.29 is 17.6 Å². The summed E-state index contributed by atoms with van der Waals surface area (Å²) in [5, 5.41) is 16.7. The first-order valence-electron chi connectivity index (χ1n) is 4.06. The SMILES string of the molecule is N#CCc1cc(F)c(C#N)c(C(F)(F)F)c1. The molecule has 1 aromatic carbocycles. The number of benzene rings is 1. The summed E-state index contributed by atoms with van der Waals surface area (Å²) in [5.74, 6) is -1.26. The van der Waals surface area contributed by atoms with Crippen LogP contribution in [0.5, 0.6) is 0 Å². The smallest absolute Gasteiger partial charge is 0.206 e. The number of nitrogens with zero attached hydrogens (tertiary/aromatic N) is 2. The third-order valence-electron chi connectivity index (χ3n) is 1.85. The number of halogens is 4. The van der Waals surface area contributed by atoms with E-state index in [-0.39, 0.29) is 12.0 Å². The Morgan fingerprint density at radius 1 is 1.19 bits per heavy atom. The number of rotatable bonds is 1. The molecule has 0 atom stereocenters. The molecule has 2 nitrogen and oxygen atoms in total. The summed E-state index contributed by atoms with van der Waals surface area (Å²) in [4.78, 5) is 0. The Kier molecular flexibility index (Phi) is 3.14. The highest BCUT2D eigenvalue weighted by atomic mass is 19.4. The zero-order valence-corrected chi connectivity index (χ0v) is 7.77. The van der Waals surface area contributed by atoms with Gasteiger partial charge in [0.25, 0.3) is 0 Å². The van der Waals surface area contributed by atoms with Crippen LogP contribution in [-0.2, 0) is 12.6 Å². The molecule has 0 unspecified atom stereocenters. The normalized spacial score (nSPS) is 10.6. The van der Waals surface area contributed by atoms with Crippen molar-refractivity contribution in [3.63, 3.8) is 0 Å². The summed E-state index contributed by atoms with van der Waals surface area (Å²) in [6, 6.07) is 4.15. The summed E-state index contributed by atoms with van der Waals surface area (Å²) in [6.07, 6.45) is -5.15. The average Bonchev–Trinajstić information content (AvgIpc) is 2.16. The maximum Gasteiger partial charge on any atom is 0.417 e. The van der Waals surface area contributed by atoms with Crippen LogP contribution >= 0.6 is 0 Å². The van der Waals surface area contributed by atoms with Gasteiger partial charge in [0.15, 0.2) is 0 Å². The molecule has 0 aliphatic heterocycles. The van der Waals surface area contributed by atoms with Crippen molar-refractivity contribution in [2.24, 2.45) is 0 Å². The van der Waals surface area contributed by atoms with Crippen LogP contribution in [0.15, 0.2) is 12.1 Å². The van der Waals surface area contributed by atoms with Gasteiger partial charge in [-0.2, -0.15) is 23.7 Å². The van der Waals surface area contributed by atoms with Gasteiger partial charge in [0.1, 0.15) is 11.9 Å². The number of nitriles is 2. The highest BCUT2D eigenvalue weighted by Crippen LogP contribution is 2.33. The second-order valence-electron chi connectivity index (χ2n) is 2.94. The first kappa shape index (κ1) is 12.0. The lowest BCUT2D eigenvalue weighted by Crippen LogP contribution is -2.10. The average molecular weight is 228 g/mol. The fourth-order valence-electron chi connectivity index (χ4n) is 1.19. The Balaban J connectivity index is 3.46. The standard InChI is InChI=1S/C10H4F4N2/c11-9-4-6(1-2-15)3-8(7(9)5-16)10(12,13)14/h3-4H,1H2. The molecule has 0 radical (unpaired) electrons. The van der Waals surface area contributed by atoms with Crippen LogP contribution in [0, 0.1) is 28.5 Å². The third-order valence-corrected chi connectivity index (χ3v) is 1.85. The van der Waals surface area contributed by atoms with Gasteiger partial charge in [-0.15, -0.1) is 0 Å². The predicted octanol–water partition coefficient (Wildman–Crippen LogP) is 2.78. The number of hydrogen-bond acceptors (Lipinski definition) is 2. The second kappa shape index (κ2) is 4.19. The lowest BCUT2D eigenvalue weighted by Gasteiger charge is -2.10. The highest BCUT2D eigenvalue weighted by molar-refractivity contribution is 5.43.